The van der Waals surface area contributed by atoms with Crippen LogP contribution in [0, 0.1) is 0 Å². The van der Waals surface area contributed by atoms with Gasteiger partial charge in [-0.25, -0.2) is 0 Å². The van der Waals surface area contributed by atoms with Crippen LogP contribution in [0.25, 0.3) is 11.0 Å². The number of phenols is 2. The molecule has 0 unspecified atom stereocenters. The Labute approximate surface area is 205 Å². The summed E-state index contributed by atoms with van der Waals surface area (Å²) in [5, 5.41) is 33.8. The molecule has 2 atom stereocenters. The smallest absolute Gasteiger partial charge is 0.231 e. The lowest BCUT2D eigenvalue weighted by atomic mass is 9.87. The first-order valence-electron chi connectivity index (χ1n) is 11.3. The molecule has 184 valence electrons. The highest BCUT2D eigenvalue weighted by molar-refractivity contribution is 5.80. The summed E-state index contributed by atoms with van der Waals surface area (Å²) in [6, 6.07) is 15.8. The highest BCUT2D eigenvalue weighted by Gasteiger charge is 2.28. The van der Waals surface area contributed by atoms with Gasteiger partial charge in [0.25, 0.3) is 0 Å². The lowest BCUT2D eigenvalue weighted by Gasteiger charge is -2.19. The van der Waals surface area contributed by atoms with Crippen LogP contribution < -0.4 is 20.2 Å². The molecular formula is C27H23NO8. The zero-order chi connectivity index (χ0) is 25.2. The van der Waals surface area contributed by atoms with E-state index >= 15 is 0 Å². The average molecular weight is 489 g/mol. The number of amides is 1. The van der Waals surface area contributed by atoms with Gasteiger partial charge in [0.15, 0.2) is 16.9 Å². The second-order valence-electron chi connectivity index (χ2n) is 8.45. The van der Waals surface area contributed by atoms with Crippen molar-refractivity contribution in [2.75, 3.05) is 13.3 Å². The van der Waals surface area contributed by atoms with Crippen molar-refractivity contribution in [1.29, 1.82) is 0 Å². The van der Waals surface area contributed by atoms with Gasteiger partial charge >= 0.3 is 0 Å². The molecule has 0 fully saturated rings. The number of benzene rings is 3. The monoisotopic (exact) mass is 489 g/mol. The molecule has 1 aliphatic rings. The number of carbonyl (C=O) groups excluding carboxylic acids is 1. The number of nitrogens with one attached hydrogen (secondary N) is 1. The van der Waals surface area contributed by atoms with Gasteiger partial charge in [0.1, 0.15) is 17.1 Å². The van der Waals surface area contributed by atoms with E-state index < -0.39 is 17.9 Å². The van der Waals surface area contributed by atoms with E-state index in [9.17, 15) is 24.9 Å². The lowest BCUT2D eigenvalue weighted by molar-refractivity contribution is -0.121. The Hall–Kier alpha value is -4.50. The van der Waals surface area contributed by atoms with E-state index in [-0.39, 0.29) is 42.2 Å². The number of aromatic hydroxyl groups is 2. The van der Waals surface area contributed by atoms with Crippen LogP contribution in [-0.4, -0.2) is 34.6 Å². The number of hydrogen-bond acceptors (Lipinski definition) is 8. The number of rotatable bonds is 7. The second kappa shape index (κ2) is 9.63. The summed E-state index contributed by atoms with van der Waals surface area (Å²) in [6.07, 6.45) is 0.0290. The van der Waals surface area contributed by atoms with E-state index in [0.29, 0.717) is 33.6 Å². The minimum absolute atomic E-state index is 0.000691. The second-order valence-corrected chi connectivity index (χ2v) is 8.45. The molecule has 0 saturated heterocycles. The van der Waals surface area contributed by atoms with Crippen molar-refractivity contribution in [3.05, 3.63) is 93.8 Å². The zero-order valence-corrected chi connectivity index (χ0v) is 19.0. The molecule has 0 saturated carbocycles. The van der Waals surface area contributed by atoms with Gasteiger partial charge in [0, 0.05) is 36.1 Å². The standard InChI is InChI=1S/C27H23NO8/c29-16-5-3-4-15(8-16)22(31)12-28-26(32)10-18(19-9-24-25(11-21(19)30)36-14-35-24)20-13-34-23-7-2-1-6-17(23)27(20)33/h1-9,11,13,18,22,29-31H,10,12,14H2,(H,28,32)/t18-,22-/m1/s1. The van der Waals surface area contributed by atoms with Gasteiger partial charge in [-0.1, -0.05) is 24.3 Å². The maximum absolute atomic E-state index is 13.4. The van der Waals surface area contributed by atoms with Gasteiger partial charge in [-0.15, -0.1) is 0 Å². The molecule has 9 nitrogen and oxygen atoms in total. The number of phenolic OH excluding ortho intramolecular Hbond substituents is 2. The van der Waals surface area contributed by atoms with Crippen molar-refractivity contribution in [3.8, 4) is 23.0 Å². The van der Waals surface area contributed by atoms with Crippen LogP contribution in [0.1, 0.15) is 35.1 Å². The summed E-state index contributed by atoms with van der Waals surface area (Å²) in [4.78, 5) is 26.3. The topological polar surface area (TPSA) is 138 Å². The molecule has 2 heterocycles. The first kappa shape index (κ1) is 23.3. The fraction of sp³-hybridized carbons (Fsp3) is 0.185. The number of para-hydroxylation sites is 1. The molecule has 4 aromatic rings. The summed E-state index contributed by atoms with van der Waals surface area (Å²) in [5.41, 5.74) is 0.998. The van der Waals surface area contributed by atoms with Crippen LogP contribution in [0.5, 0.6) is 23.0 Å². The van der Waals surface area contributed by atoms with Crippen LogP contribution >= 0.6 is 0 Å². The Morgan fingerprint density at radius 2 is 1.75 bits per heavy atom. The molecule has 0 bridgehead atoms. The van der Waals surface area contributed by atoms with E-state index in [1.165, 1.54) is 24.5 Å². The first-order chi connectivity index (χ1) is 17.4. The molecule has 1 aromatic heterocycles. The fourth-order valence-electron chi connectivity index (χ4n) is 4.26. The molecule has 0 aliphatic carbocycles. The molecule has 0 radical (unpaired) electrons. The van der Waals surface area contributed by atoms with E-state index in [4.69, 9.17) is 13.9 Å². The maximum atomic E-state index is 13.4. The predicted molar refractivity (Wildman–Crippen MR) is 129 cm³/mol. The largest absolute Gasteiger partial charge is 0.508 e. The zero-order valence-electron chi connectivity index (χ0n) is 19.0. The number of ether oxygens (including phenoxy) is 2. The van der Waals surface area contributed by atoms with Crippen molar-refractivity contribution < 1.29 is 34.0 Å². The SMILES string of the molecule is O=C(C[C@H](c1cc2c(cc1O)OCO2)c1coc2ccccc2c1=O)NC[C@@H](O)c1cccc(O)c1. The highest BCUT2D eigenvalue weighted by Crippen LogP contribution is 2.42. The Morgan fingerprint density at radius 1 is 0.972 bits per heavy atom. The number of fused-ring (bicyclic) bond motifs is 2. The van der Waals surface area contributed by atoms with Crippen molar-refractivity contribution in [2.24, 2.45) is 0 Å². The van der Waals surface area contributed by atoms with Crippen molar-refractivity contribution in [3.63, 3.8) is 0 Å². The predicted octanol–water partition coefficient (Wildman–Crippen LogP) is 3.30. The van der Waals surface area contributed by atoms with Crippen LogP contribution in [-0.2, 0) is 4.79 Å². The quantitative estimate of drug-likeness (QED) is 0.310. The number of aliphatic hydroxyl groups is 1. The third kappa shape index (κ3) is 4.56. The van der Waals surface area contributed by atoms with Crippen LogP contribution in [0.15, 0.2) is 76.1 Å². The molecule has 3 aromatic carbocycles. The van der Waals surface area contributed by atoms with Gasteiger partial charge in [0.2, 0.25) is 12.7 Å². The molecule has 5 rings (SSSR count). The first-order valence-corrected chi connectivity index (χ1v) is 11.3. The maximum Gasteiger partial charge on any atom is 0.231 e. The number of carbonyl (C=O) groups is 1. The van der Waals surface area contributed by atoms with Gasteiger partial charge < -0.3 is 34.5 Å². The molecule has 9 heteroatoms. The Balaban J connectivity index is 1.46. The van der Waals surface area contributed by atoms with E-state index in [2.05, 4.69) is 5.32 Å². The molecule has 0 spiro atoms. The van der Waals surface area contributed by atoms with Crippen LogP contribution in [0.2, 0.25) is 0 Å². The summed E-state index contributed by atoms with van der Waals surface area (Å²) < 4.78 is 16.4. The third-order valence-electron chi connectivity index (χ3n) is 6.12. The summed E-state index contributed by atoms with van der Waals surface area (Å²) in [6.45, 7) is -0.122. The van der Waals surface area contributed by atoms with E-state index in [1.807, 2.05) is 0 Å². The minimum atomic E-state index is -1.05. The third-order valence-corrected chi connectivity index (χ3v) is 6.12. The summed E-state index contributed by atoms with van der Waals surface area (Å²) in [7, 11) is 0. The van der Waals surface area contributed by atoms with Crippen molar-refractivity contribution in [1.82, 2.24) is 5.32 Å². The average Bonchev–Trinajstić information content (AvgIpc) is 3.33. The van der Waals surface area contributed by atoms with Gasteiger partial charge in [-0.3, -0.25) is 9.59 Å². The van der Waals surface area contributed by atoms with Crippen LogP contribution in [0.4, 0.5) is 0 Å². The molecule has 4 N–H and O–H groups in total. The summed E-state index contributed by atoms with van der Waals surface area (Å²) >= 11 is 0. The fourth-order valence-corrected chi connectivity index (χ4v) is 4.26. The van der Waals surface area contributed by atoms with Crippen LogP contribution in [0.3, 0.4) is 0 Å². The molecular weight excluding hydrogens is 466 g/mol. The minimum Gasteiger partial charge on any atom is -0.508 e. The number of aliphatic hydroxyl groups excluding tert-OH is 1. The molecule has 1 amide bonds. The molecule has 1 aliphatic heterocycles. The molecule has 36 heavy (non-hydrogen) atoms. The summed E-state index contributed by atoms with van der Waals surface area (Å²) in [5.74, 6) is -0.761. The Kier molecular flexibility index (Phi) is 6.22. The van der Waals surface area contributed by atoms with E-state index in [1.54, 1.807) is 42.5 Å². The number of hydrogen-bond donors (Lipinski definition) is 4. The Morgan fingerprint density at radius 3 is 2.56 bits per heavy atom. The highest BCUT2D eigenvalue weighted by atomic mass is 16.7. The van der Waals surface area contributed by atoms with Crippen molar-refractivity contribution >= 4 is 16.9 Å². The normalized spacial score (nSPS) is 13.9. The van der Waals surface area contributed by atoms with Gasteiger partial charge in [-0.2, -0.15) is 0 Å². The van der Waals surface area contributed by atoms with Gasteiger partial charge in [-0.05, 0) is 35.9 Å². The van der Waals surface area contributed by atoms with E-state index in [0.717, 1.165) is 0 Å². The van der Waals surface area contributed by atoms with Gasteiger partial charge in [0.05, 0.1) is 17.8 Å². The lowest BCUT2D eigenvalue weighted by Crippen LogP contribution is -2.30. The van der Waals surface area contributed by atoms with Crippen molar-refractivity contribution in [2.45, 2.75) is 18.4 Å². The Bertz CT molecular complexity index is 1500.